The Labute approximate surface area is 69.6 Å². The van der Waals surface area contributed by atoms with E-state index in [1.54, 1.807) is 0 Å². The third kappa shape index (κ3) is 1.78. The van der Waals surface area contributed by atoms with E-state index >= 15 is 0 Å². The third-order valence-electron chi connectivity index (χ3n) is 1.50. The smallest absolute Gasteiger partial charge is 0.133 e. The summed E-state index contributed by atoms with van der Waals surface area (Å²) in [5.74, 6) is 4.76. The van der Waals surface area contributed by atoms with E-state index in [4.69, 9.17) is 11.1 Å². The summed E-state index contributed by atoms with van der Waals surface area (Å²) in [7, 11) is 0. The van der Waals surface area contributed by atoms with Crippen molar-refractivity contribution in [2.75, 3.05) is 0 Å². The van der Waals surface area contributed by atoms with Crippen LogP contribution in [0.25, 0.3) is 0 Å². The minimum absolute atomic E-state index is 0.326. The molecule has 1 aromatic carbocycles. The lowest BCUT2D eigenvalue weighted by atomic mass is 10.1. The molecule has 0 amide bonds. The Hall–Kier alpha value is -1.44. The molecule has 0 aliphatic rings. The van der Waals surface area contributed by atoms with Gasteiger partial charge in [0.25, 0.3) is 0 Å². The van der Waals surface area contributed by atoms with Crippen LogP contribution in [-0.4, -0.2) is 0 Å². The van der Waals surface area contributed by atoms with E-state index in [9.17, 15) is 4.39 Å². The van der Waals surface area contributed by atoms with E-state index in [1.807, 2.05) is 6.07 Å². The van der Waals surface area contributed by atoms with Crippen molar-refractivity contribution in [1.29, 1.82) is 5.26 Å². The summed E-state index contributed by atoms with van der Waals surface area (Å²) in [6.07, 6.45) is 0. The monoisotopic (exact) mass is 165 g/mol. The SMILES string of the molecule is N#CC(NN)c1ccc(F)cc1. The molecule has 62 valence electrons. The average molecular weight is 165 g/mol. The van der Waals surface area contributed by atoms with Gasteiger partial charge in [0.15, 0.2) is 0 Å². The Morgan fingerprint density at radius 3 is 2.42 bits per heavy atom. The molecule has 1 aromatic rings. The molecular weight excluding hydrogens is 157 g/mol. The molecule has 0 aliphatic heterocycles. The highest BCUT2D eigenvalue weighted by Gasteiger charge is 2.06. The van der Waals surface area contributed by atoms with Gasteiger partial charge < -0.3 is 0 Å². The van der Waals surface area contributed by atoms with Gasteiger partial charge in [-0.15, -0.1) is 0 Å². The molecule has 0 saturated carbocycles. The first-order valence-electron chi connectivity index (χ1n) is 3.39. The first-order chi connectivity index (χ1) is 5.77. The zero-order chi connectivity index (χ0) is 8.97. The molecule has 1 rings (SSSR count). The Morgan fingerprint density at radius 1 is 1.42 bits per heavy atom. The van der Waals surface area contributed by atoms with Crippen LogP contribution in [0.1, 0.15) is 11.6 Å². The standard InChI is InChI=1S/C8H8FN3/c9-7-3-1-6(2-4-7)8(5-10)12-11/h1-4,8,12H,11H2. The van der Waals surface area contributed by atoms with Crippen molar-refractivity contribution in [2.24, 2.45) is 5.84 Å². The number of nitrogens with zero attached hydrogens (tertiary/aromatic N) is 1. The molecule has 0 spiro atoms. The van der Waals surface area contributed by atoms with Crippen LogP contribution in [0, 0.1) is 17.1 Å². The fourth-order valence-electron chi connectivity index (χ4n) is 0.863. The van der Waals surface area contributed by atoms with Crippen LogP contribution in [-0.2, 0) is 0 Å². The number of rotatable bonds is 2. The summed E-state index contributed by atoms with van der Waals surface area (Å²) in [5, 5.41) is 8.56. The molecule has 0 radical (unpaired) electrons. The largest absolute Gasteiger partial charge is 0.270 e. The summed E-state index contributed by atoms with van der Waals surface area (Å²) in [4.78, 5) is 0. The van der Waals surface area contributed by atoms with Crippen molar-refractivity contribution in [2.45, 2.75) is 6.04 Å². The summed E-state index contributed by atoms with van der Waals surface area (Å²) in [6.45, 7) is 0. The minimum Gasteiger partial charge on any atom is -0.270 e. The van der Waals surface area contributed by atoms with Gasteiger partial charge >= 0.3 is 0 Å². The van der Waals surface area contributed by atoms with Crippen LogP contribution in [0.4, 0.5) is 4.39 Å². The number of hydrogen-bond donors (Lipinski definition) is 2. The number of hydrazine groups is 1. The van der Waals surface area contributed by atoms with Crippen LogP contribution in [0.2, 0.25) is 0 Å². The first-order valence-corrected chi connectivity index (χ1v) is 3.39. The molecule has 0 saturated heterocycles. The highest BCUT2D eigenvalue weighted by molar-refractivity contribution is 5.24. The predicted octanol–water partition coefficient (Wildman–Crippen LogP) is 0.854. The molecule has 0 aromatic heterocycles. The van der Waals surface area contributed by atoms with E-state index in [2.05, 4.69) is 5.43 Å². The molecule has 3 nitrogen and oxygen atoms in total. The third-order valence-corrected chi connectivity index (χ3v) is 1.50. The summed E-state index contributed by atoms with van der Waals surface area (Å²) in [5.41, 5.74) is 2.96. The molecule has 1 unspecified atom stereocenters. The van der Waals surface area contributed by atoms with Gasteiger partial charge in [-0.2, -0.15) is 5.26 Å². The van der Waals surface area contributed by atoms with E-state index in [1.165, 1.54) is 24.3 Å². The van der Waals surface area contributed by atoms with E-state index in [0.717, 1.165) is 0 Å². The van der Waals surface area contributed by atoms with Crippen molar-refractivity contribution >= 4 is 0 Å². The number of hydrogen-bond acceptors (Lipinski definition) is 3. The van der Waals surface area contributed by atoms with Gasteiger partial charge in [0, 0.05) is 0 Å². The van der Waals surface area contributed by atoms with Gasteiger partial charge in [0.05, 0.1) is 6.07 Å². The second kappa shape index (κ2) is 3.81. The van der Waals surface area contributed by atoms with E-state index in [0.29, 0.717) is 5.56 Å². The maximum absolute atomic E-state index is 12.4. The van der Waals surface area contributed by atoms with Gasteiger partial charge in [0.1, 0.15) is 11.9 Å². The molecule has 0 aliphatic carbocycles. The second-order valence-electron chi connectivity index (χ2n) is 2.28. The number of benzene rings is 1. The number of nitrogens with two attached hydrogens (primary N) is 1. The minimum atomic E-state index is -0.578. The van der Waals surface area contributed by atoms with Crippen molar-refractivity contribution in [3.8, 4) is 6.07 Å². The van der Waals surface area contributed by atoms with Crippen LogP contribution in [0.15, 0.2) is 24.3 Å². The highest BCUT2D eigenvalue weighted by Crippen LogP contribution is 2.10. The maximum atomic E-state index is 12.4. The van der Waals surface area contributed by atoms with Gasteiger partial charge in [-0.3, -0.25) is 5.84 Å². The summed E-state index contributed by atoms with van der Waals surface area (Å²) in [6, 6.07) is 6.96. The maximum Gasteiger partial charge on any atom is 0.133 e. The van der Waals surface area contributed by atoms with Gasteiger partial charge in [-0.1, -0.05) is 12.1 Å². The quantitative estimate of drug-likeness (QED) is 0.504. The highest BCUT2D eigenvalue weighted by atomic mass is 19.1. The summed E-state index contributed by atoms with van der Waals surface area (Å²) < 4.78 is 12.4. The molecule has 3 N–H and O–H groups in total. The molecular formula is C8H8FN3. The zero-order valence-electron chi connectivity index (χ0n) is 6.29. The molecule has 0 bridgehead atoms. The lowest BCUT2D eigenvalue weighted by molar-refractivity contribution is 0.622. The van der Waals surface area contributed by atoms with E-state index in [-0.39, 0.29) is 5.82 Å². The summed E-state index contributed by atoms with van der Waals surface area (Å²) >= 11 is 0. The van der Waals surface area contributed by atoms with Crippen LogP contribution in [0.5, 0.6) is 0 Å². The molecule has 4 heteroatoms. The van der Waals surface area contributed by atoms with E-state index < -0.39 is 6.04 Å². The number of nitriles is 1. The Bertz CT molecular complexity index is 288. The molecule has 0 heterocycles. The normalized spacial score (nSPS) is 12.1. The lowest BCUT2D eigenvalue weighted by Crippen LogP contribution is -2.26. The fraction of sp³-hybridized carbons (Fsp3) is 0.125. The Kier molecular flexibility index (Phi) is 2.75. The Morgan fingerprint density at radius 2 is 2.00 bits per heavy atom. The van der Waals surface area contributed by atoms with Crippen molar-refractivity contribution in [3.05, 3.63) is 35.6 Å². The predicted molar refractivity (Wildman–Crippen MR) is 42.1 cm³/mol. The van der Waals surface area contributed by atoms with Crippen molar-refractivity contribution in [1.82, 2.24) is 5.43 Å². The number of nitrogens with one attached hydrogen (secondary N) is 1. The second-order valence-corrected chi connectivity index (χ2v) is 2.28. The zero-order valence-corrected chi connectivity index (χ0v) is 6.29. The topological polar surface area (TPSA) is 61.8 Å². The molecule has 12 heavy (non-hydrogen) atoms. The number of halogens is 1. The average Bonchev–Trinajstić information content (AvgIpc) is 2.10. The first kappa shape index (κ1) is 8.65. The van der Waals surface area contributed by atoms with Gasteiger partial charge in [0.2, 0.25) is 0 Å². The van der Waals surface area contributed by atoms with Gasteiger partial charge in [-0.05, 0) is 17.7 Å². The van der Waals surface area contributed by atoms with Crippen molar-refractivity contribution in [3.63, 3.8) is 0 Å². The van der Waals surface area contributed by atoms with Crippen LogP contribution in [0.3, 0.4) is 0 Å². The van der Waals surface area contributed by atoms with Crippen LogP contribution >= 0.6 is 0 Å². The van der Waals surface area contributed by atoms with Gasteiger partial charge in [-0.25, -0.2) is 9.82 Å². The molecule has 1 atom stereocenters. The lowest BCUT2D eigenvalue weighted by Gasteiger charge is -2.06. The van der Waals surface area contributed by atoms with Crippen LogP contribution < -0.4 is 11.3 Å². The molecule has 0 fully saturated rings. The Balaban J connectivity index is 2.89. The fourth-order valence-corrected chi connectivity index (χ4v) is 0.863. The van der Waals surface area contributed by atoms with Crippen molar-refractivity contribution < 1.29 is 4.39 Å².